The first-order valence-electron chi connectivity index (χ1n) is 9.75. The van der Waals surface area contributed by atoms with E-state index in [1.54, 1.807) is 17.0 Å². The lowest BCUT2D eigenvalue weighted by atomic mass is 10.0. The van der Waals surface area contributed by atoms with Gasteiger partial charge in [0.25, 0.3) is 5.91 Å². The van der Waals surface area contributed by atoms with Gasteiger partial charge in [-0.05, 0) is 38.3 Å². The van der Waals surface area contributed by atoms with E-state index in [1.807, 2.05) is 13.0 Å². The predicted octanol–water partition coefficient (Wildman–Crippen LogP) is 0.782. The first-order valence-corrected chi connectivity index (χ1v) is 11.6. The number of nitrogens with zero attached hydrogens (tertiary/aromatic N) is 3. The Labute approximate surface area is 166 Å². The molecule has 2 aliphatic rings. The molecule has 0 radical (unpaired) electrons. The van der Waals surface area contributed by atoms with E-state index in [1.165, 1.54) is 10.6 Å². The number of aromatic nitrogens is 1. The van der Waals surface area contributed by atoms with E-state index >= 15 is 0 Å². The van der Waals surface area contributed by atoms with Crippen LogP contribution in [0.5, 0.6) is 0 Å². The Balaban J connectivity index is 1.81. The predicted molar refractivity (Wildman–Crippen MR) is 105 cm³/mol. The van der Waals surface area contributed by atoms with Crippen LogP contribution >= 0.6 is 0 Å². The number of carbonyl (C=O) groups is 2. The summed E-state index contributed by atoms with van der Waals surface area (Å²) in [6.45, 7) is 3.26. The molecule has 2 amide bonds. The highest BCUT2D eigenvalue weighted by Gasteiger charge is 2.40. The van der Waals surface area contributed by atoms with E-state index in [2.05, 4.69) is 10.3 Å². The number of fused-ring (bicyclic) bond motifs is 1. The molecule has 1 aromatic heterocycles. The van der Waals surface area contributed by atoms with Gasteiger partial charge in [0.15, 0.2) is 0 Å². The van der Waals surface area contributed by atoms with Crippen molar-refractivity contribution in [2.75, 3.05) is 32.4 Å². The molecular weight excluding hydrogens is 380 g/mol. The molecule has 0 bridgehead atoms. The molecular formula is C19H28N4O4S. The van der Waals surface area contributed by atoms with E-state index in [9.17, 15) is 18.0 Å². The average Bonchev–Trinajstić information content (AvgIpc) is 3.10. The summed E-state index contributed by atoms with van der Waals surface area (Å²) in [6.07, 6.45) is 3.94. The molecule has 2 atom stereocenters. The van der Waals surface area contributed by atoms with Gasteiger partial charge in [-0.2, -0.15) is 4.31 Å². The summed E-state index contributed by atoms with van der Waals surface area (Å²) in [7, 11) is -3.44. The van der Waals surface area contributed by atoms with Crippen LogP contribution in [0.15, 0.2) is 18.2 Å². The van der Waals surface area contributed by atoms with E-state index in [4.69, 9.17) is 0 Å². The molecule has 1 aromatic rings. The van der Waals surface area contributed by atoms with E-state index in [0.717, 1.165) is 12.1 Å². The quantitative estimate of drug-likeness (QED) is 0.780. The first-order chi connectivity index (χ1) is 13.3. The highest BCUT2D eigenvalue weighted by atomic mass is 32.2. The molecule has 1 saturated heterocycles. The molecule has 2 heterocycles. The van der Waals surface area contributed by atoms with Crippen LogP contribution in [0.3, 0.4) is 0 Å². The minimum absolute atomic E-state index is 0.126. The van der Waals surface area contributed by atoms with Crippen molar-refractivity contribution in [3.05, 3.63) is 29.6 Å². The third-order valence-electron chi connectivity index (χ3n) is 5.49. The third-order valence-corrected chi connectivity index (χ3v) is 6.80. The van der Waals surface area contributed by atoms with Crippen molar-refractivity contribution < 1.29 is 18.0 Å². The highest BCUT2D eigenvalue weighted by molar-refractivity contribution is 7.88. The Morgan fingerprint density at radius 3 is 2.68 bits per heavy atom. The fraction of sp³-hybridized carbons (Fsp3) is 0.632. The van der Waals surface area contributed by atoms with Gasteiger partial charge in [0, 0.05) is 37.9 Å². The summed E-state index contributed by atoms with van der Waals surface area (Å²) in [5, 5.41) is 2.90. The second kappa shape index (κ2) is 8.57. The first kappa shape index (κ1) is 20.7. The molecule has 3 rings (SSSR count). The second-order valence-electron chi connectivity index (χ2n) is 7.58. The molecule has 0 unspecified atom stereocenters. The molecule has 1 aliphatic heterocycles. The summed E-state index contributed by atoms with van der Waals surface area (Å²) >= 11 is 0. The number of hydrogen-bond acceptors (Lipinski definition) is 5. The van der Waals surface area contributed by atoms with Gasteiger partial charge in [-0.1, -0.05) is 12.5 Å². The molecule has 1 aliphatic carbocycles. The summed E-state index contributed by atoms with van der Waals surface area (Å²) in [5.41, 5.74) is 1.12. The number of amides is 2. The Morgan fingerprint density at radius 1 is 1.18 bits per heavy atom. The standard InChI is InChI=1S/C19H28N4O4S/c1-14-6-3-8-16(21-14)19(25)22-11-5-12-23(28(2,26)27)17-9-4-7-15(17)18(24)20-10-13-22/h3,6,8,15,17H,4-5,7,9-13H2,1-2H3,(H,20,24)/t15-,17+/m1/s1. The van der Waals surface area contributed by atoms with Crippen molar-refractivity contribution in [3.63, 3.8) is 0 Å². The summed E-state index contributed by atoms with van der Waals surface area (Å²) < 4.78 is 26.2. The van der Waals surface area contributed by atoms with Gasteiger partial charge in [0.05, 0.1) is 12.2 Å². The van der Waals surface area contributed by atoms with Crippen molar-refractivity contribution in [1.29, 1.82) is 0 Å². The number of aryl methyl sites for hydroxylation is 1. The monoisotopic (exact) mass is 408 g/mol. The Bertz CT molecular complexity index is 842. The highest BCUT2D eigenvalue weighted by Crippen LogP contribution is 2.32. The smallest absolute Gasteiger partial charge is 0.272 e. The zero-order chi connectivity index (χ0) is 20.3. The van der Waals surface area contributed by atoms with Crippen LogP contribution in [0.1, 0.15) is 41.9 Å². The minimum Gasteiger partial charge on any atom is -0.354 e. The van der Waals surface area contributed by atoms with Gasteiger partial charge in [-0.25, -0.2) is 13.4 Å². The van der Waals surface area contributed by atoms with Gasteiger partial charge in [-0.3, -0.25) is 9.59 Å². The van der Waals surface area contributed by atoms with E-state index < -0.39 is 10.0 Å². The van der Waals surface area contributed by atoms with Crippen LogP contribution < -0.4 is 5.32 Å². The summed E-state index contributed by atoms with van der Waals surface area (Å²) in [6, 6.07) is 4.99. The SMILES string of the molecule is Cc1cccc(C(=O)N2CCCN(S(C)(=O)=O)[C@H]3CCC[C@H]3C(=O)NCC2)n1. The molecule has 154 valence electrons. The number of rotatable bonds is 2. The summed E-state index contributed by atoms with van der Waals surface area (Å²) in [4.78, 5) is 31.5. The Kier molecular flexibility index (Phi) is 6.34. The minimum atomic E-state index is -3.44. The molecule has 1 saturated carbocycles. The molecule has 0 aromatic carbocycles. The van der Waals surface area contributed by atoms with Crippen molar-refractivity contribution in [3.8, 4) is 0 Å². The largest absolute Gasteiger partial charge is 0.354 e. The molecule has 2 fully saturated rings. The lowest BCUT2D eigenvalue weighted by Gasteiger charge is -2.30. The second-order valence-corrected chi connectivity index (χ2v) is 9.51. The van der Waals surface area contributed by atoms with Crippen LogP contribution in [-0.2, 0) is 14.8 Å². The number of nitrogens with one attached hydrogen (secondary N) is 1. The van der Waals surface area contributed by atoms with Crippen molar-refractivity contribution in [2.24, 2.45) is 5.92 Å². The number of pyridine rings is 1. The van der Waals surface area contributed by atoms with Crippen molar-refractivity contribution in [2.45, 2.75) is 38.6 Å². The van der Waals surface area contributed by atoms with E-state index in [-0.39, 0.29) is 23.8 Å². The number of sulfonamides is 1. The van der Waals surface area contributed by atoms with Crippen LogP contribution in [0.2, 0.25) is 0 Å². The maximum atomic E-state index is 12.9. The van der Waals surface area contributed by atoms with E-state index in [0.29, 0.717) is 51.1 Å². The number of hydrogen-bond donors (Lipinski definition) is 1. The fourth-order valence-corrected chi connectivity index (χ4v) is 5.38. The molecule has 9 heteroatoms. The zero-order valence-electron chi connectivity index (χ0n) is 16.4. The average molecular weight is 409 g/mol. The van der Waals surface area contributed by atoms with Crippen LogP contribution in [0, 0.1) is 12.8 Å². The van der Waals surface area contributed by atoms with Crippen molar-refractivity contribution >= 4 is 21.8 Å². The molecule has 0 spiro atoms. The normalized spacial score (nSPS) is 24.9. The zero-order valence-corrected chi connectivity index (χ0v) is 17.2. The van der Waals surface area contributed by atoms with Gasteiger partial charge in [-0.15, -0.1) is 0 Å². The Morgan fingerprint density at radius 2 is 1.96 bits per heavy atom. The molecule has 1 N–H and O–H groups in total. The summed E-state index contributed by atoms with van der Waals surface area (Å²) in [5.74, 6) is -0.655. The Hall–Kier alpha value is -2.00. The van der Waals surface area contributed by atoms with Crippen LogP contribution in [0.25, 0.3) is 0 Å². The lowest BCUT2D eigenvalue weighted by molar-refractivity contribution is -0.125. The van der Waals surface area contributed by atoms with Gasteiger partial charge < -0.3 is 10.2 Å². The van der Waals surface area contributed by atoms with Gasteiger partial charge >= 0.3 is 0 Å². The number of carbonyl (C=O) groups excluding carboxylic acids is 2. The molecule has 28 heavy (non-hydrogen) atoms. The third kappa shape index (κ3) is 4.70. The van der Waals surface area contributed by atoms with Gasteiger partial charge in [0.1, 0.15) is 5.69 Å². The van der Waals surface area contributed by atoms with Crippen molar-refractivity contribution in [1.82, 2.24) is 19.5 Å². The van der Waals surface area contributed by atoms with Crippen LogP contribution in [0.4, 0.5) is 0 Å². The lowest BCUT2D eigenvalue weighted by Crippen LogP contribution is -2.47. The van der Waals surface area contributed by atoms with Gasteiger partial charge in [0.2, 0.25) is 15.9 Å². The van der Waals surface area contributed by atoms with Crippen LogP contribution in [-0.4, -0.2) is 72.9 Å². The maximum Gasteiger partial charge on any atom is 0.272 e. The molecule has 8 nitrogen and oxygen atoms in total. The fourth-order valence-electron chi connectivity index (χ4n) is 4.17. The maximum absolute atomic E-state index is 12.9. The topological polar surface area (TPSA) is 99.7 Å².